The van der Waals surface area contributed by atoms with Crippen LogP contribution in [0, 0.1) is 16.0 Å². The Balaban J connectivity index is 2.60. The van der Waals surface area contributed by atoms with Gasteiger partial charge in [-0.15, -0.1) is 0 Å². The predicted octanol–water partition coefficient (Wildman–Crippen LogP) is 3.55. The fourth-order valence-electron chi connectivity index (χ4n) is 1.91. The zero-order valence-corrected chi connectivity index (χ0v) is 12.7. The van der Waals surface area contributed by atoms with E-state index in [1.165, 1.54) is 18.2 Å². The summed E-state index contributed by atoms with van der Waals surface area (Å²) in [5, 5.41) is 13.7. The number of rotatable bonds is 7. The molecule has 114 valence electrons. The summed E-state index contributed by atoms with van der Waals surface area (Å²) in [4.78, 5) is 22.2. The maximum absolute atomic E-state index is 11.8. The normalized spacial score (nSPS) is 12.6. The molecule has 1 N–H and O–H groups in total. The van der Waals surface area contributed by atoms with Gasteiger partial charge in [-0.3, -0.25) is 14.9 Å². The zero-order chi connectivity index (χ0) is 15.8. The van der Waals surface area contributed by atoms with Crippen LogP contribution in [0.3, 0.4) is 0 Å². The topological polar surface area (TPSA) is 72.2 Å². The Hall–Kier alpha value is -2.17. The molecule has 0 aromatic heterocycles. The van der Waals surface area contributed by atoms with E-state index in [4.69, 9.17) is 0 Å². The van der Waals surface area contributed by atoms with E-state index in [1.807, 2.05) is 6.92 Å². The van der Waals surface area contributed by atoms with Gasteiger partial charge in [-0.25, -0.2) is 0 Å². The summed E-state index contributed by atoms with van der Waals surface area (Å²) >= 11 is 0. The van der Waals surface area contributed by atoms with E-state index in [1.54, 1.807) is 18.2 Å². The molecule has 0 saturated heterocycles. The molecule has 0 spiro atoms. The minimum atomic E-state index is -0.456. The molecule has 5 nitrogen and oxygen atoms in total. The Morgan fingerprint density at radius 1 is 1.29 bits per heavy atom. The van der Waals surface area contributed by atoms with E-state index in [0.29, 0.717) is 11.5 Å². The molecule has 0 fully saturated rings. The lowest BCUT2D eigenvalue weighted by Gasteiger charge is -2.13. The minimum absolute atomic E-state index is 0.00518. The second kappa shape index (κ2) is 8.19. The van der Waals surface area contributed by atoms with Crippen LogP contribution in [-0.2, 0) is 4.79 Å². The van der Waals surface area contributed by atoms with Crippen molar-refractivity contribution in [3.63, 3.8) is 0 Å². The van der Waals surface area contributed by atoms with Gasteiger partial charge in [0.05, 0.1) is 10.5 Å². The van der Waals surface area contributed by atoms with Crippen molar-refractivity contribution in [1.82, 2.24) is 5.32 Å². The fourth-order valence-corrected chi connectivity index (χ4v) is 1.91. The van der Waals surface area contributed by atoms with Gasteiger partial charge in [0.25, 0.3) is 5.69 Å². The summed E-state index contributed by atoms with van der Waals surface area (Å²) in [6, 6.07) is 6.43. The highest BCUT2D eigenvalue weighted by molar-refractivity contribution is 5.92. The Morgan fingerprint density at radius 2 is 1.95 bits per heavy atom. The number of nitrogens with zero attached hydrogens (tertiary/aromatic N) is 1. The van der Waals surface area contributed by atoms with Crippen molar-refractivity contribution in [2.24, 2.45) is 5.92 Å². The first-order chi connectivity index (χ1) is 9.90. The van der Waals surface area contributed by atoms with Crippen molar-refractivity contribution in [2.75, 3.05) is 0 Å². The van der Waals surface area contributed by atoms with Gasteiger partial charge in [0.2, 0.25) is 5.91 Å². The summed E-state index contributed by atoms with van der Waals surface area (Å²) < 4.78 is 0. The summed E-state index contributed by atoms with van der Waals surface area (Å²) in [6.45, 7) is 6.24. The predicted molar refractivity (Wildman–Crippen MR) is 83.8 cm³/mol. The molecule has 0 aliphatic heterocycles. The van der Waals surface area contributed by atoms with Crippen LogP contribution in [0.1, 0.15) is 39.2 Å². The van der Waals surface area contributed by atoms with Crippen LogP contribution in [0.15, 0.2) is 30.3 Å². The van der Waals surface area contributed by atoms with Crippen molar-refractivity contribution < 1.29 is 9.72 Å². The maximum atomic E-state index is 11.8. The molecule has 21 heavy (non-hydrogen) atoms. The van der Waals surface area contributed by atoms with Gasteiger partial charge < -0.3 is 5.32 Å². The van der Waals surface area contributed by atoms with Crippen LogP contribution in [0.5, 0.6) is 0 Å². The number of nitro groups is 1. The number of carbonyl (C=O) groups excluding carboxylic acids is 1. The van der Waals surface area contributed by atoms with Gasteiger partial charge in [0.15, 0.2) is 0 Å². The highest BCUT2D eigenvalue weighted by Crippen LogP contribution is 2.18. The largest absolute Gasteiger partial charge is 0.350 e. The van der Waals surface area contributed by atoms with Crippen LogP contribution in [0.25, 0.3) is 6.08 Å². The van der Waals surface area contributed by atoms with Crippen LogP contribution in [0.2, 0.25) is 0 Å². The highest BCUT2D eigenvalue weighted by Gasteiger charge is 2.10. The van der Waals surface area contributed by atoms with E-state index in [9.17, 15) is 14.9 Å². The number of hydrogen-bond donors (Lipinski definition) is 1. The van der Waals surface area contributed by atoms with Crippen molar-refractivity contribution in [3.05, 3.63) is 46.0 Å². The van der Waals surface area contributed by atoms with Crippen molar-refractivity contribution in [1.29, 1.82) is 0 Å². The quantitative estimate of drug-likeness (QED) is 0.474. The van der Waals surface area contributed by atoms with Gasteiger partial charge in [-0.2, -0.15) is 0 Å². The smallest absolute Gasteiger partial charge is 0.276 e. The molecule has 0 saturated carbocycles. The van der Waals surface area contributed by atoms with Crippen molar-refractivity contribution in [2.45, 2.75) is 39.7 Å². The molecule has 0 heterocycles. The van der Waals surface area contributed by atoms with E-state index >= 15 is 0 Å². The number of hydrogen-bond acceptors (Lipinski definition) is 3. The Labute approximate surface area is 125 Å². The summed E-state index contributed by atoms with van der Waals surface area (Å²) in [6.07, 6.45) is 4.79. The van der Waals surface area contributed by atoms with E-state index in [2.05, 4.69) is 19.2 Å². The molecule has 1 unspecified atom stereocenters. The van der Waals surface area contributed by atoms with E-state index in [-0.39, 0.29) is 17.6 Å². The number of nitrogens with one attached hydrogen (secondary N) is 1. The minimum Gasteiger partial charge on any atom is -0.350 e. The van der Waals surface area contributed by atoms with Crippen molar-refractivity contribution >= 4 is 17.7 Å². The Bertz CT molecular complexity index is 524. The SMILES string of the molecule is CC(C)CCC(C)NC(=O)/C=C/c1ccccc1[N+](=O)[O-]. The second-order valence-corrected chi connectivity index (χ2v) is 5.53. The number of para-hydroxylation sites is 1. The molecule has 1 aromatic carbocycles. The van der Waals surface area contributed by atoms with E-state index < -0.39 is 4.92 Å². The summed E-state index contributed by atoms with van der Waals surface area (Å²) in [7, 11) is 0. The van der Waals surface area contributed by atoms with Gasteiger partial charge in [-0.05, 0) is 37.8 Å². The third-order valence-corrected chi connectivity index (χ3v) is 3.11. The number of benzene rings is 1. The number of amides is 1. The van der Waals surface area contributed by atoms with Gasteiger partial charge in [0.1, 0.15) is 0 Å². The standard InChI is InChI=1S/C16H22N2O3/c1-12(2)8-9-13(3)17-16(19)11-10-14-6-4-5-7-15(14)18(20)21/h4-7,10-13H,8-9H2,1-3H3,(H,17,19)/b11-10+. The van der Waals surface area contributed by atoms with Crippen LogP contribution >= 0.6 is 0 Å². The first-order valence-electron chi connectivity index (χ1n) is 7.12. The first kappa shape index (κ1) is 16.9. The van der Waals surface area contributed by atoms with Crippen LogP contribution in [0.4, 0.5) is 5.69 Å². The van der Waals surface area contributed by atoms with E-state index in [0.717, 1.165) is 12.8 Å². The third kappa shape index (κ3) is 6.21. The highest BCUT2D eigenvalue weighted by atomic mass is 16.6. The molecule has 1 rings (SSSR count). The monoisotopic (exact) mass is 290 g/mol. The molecule has 1 amide bonds. The molecule has 1 atom stereocenters. The summed E-state index contributed by atoms with van der Waals surface area (Å²) in [5.41, 5.74) is 0.418. The van der Waals surface area contributed by atoms with Crippen LogP contribution in [-0.4, -0.2) is 16.9 Å². The van der Waals surface area contributed by atoms with Gasteiger partial charge in [0, 0.05) is 18.2 Å². The number of nitro benzene ring substituents is 1. The Kier molecular flexibility index (Phi) is 6.59. The molecule has 1 aromatic rings. The number of carbonyl (C=O) groups is 1. The molecule has 0 aliphatic rings. The van der Waals surface area contributed by atoms with Crippen molar-refractivity contribution in [3.8, 4) is 0 Å². The van der Waals surface area contributed by atoms with Gasteiger partial charge >= 0.3 is 0 Å². The lowest BCUT2D eigenvalue weighted by atomic mass is 10.0. The lowest BCUT2D eigenvalue weighted by molar-refractivity contribution is -0.385. The molecular formula is C16H22N2O3. The maximum Gasteiger partial charge on any atom is 0.276 e. The average molecular weight is 290 g/mol. The summed E-state index contributed by atoms with van der Waals surface area (Å²) in [5.74, 6) is 0.372. The second-order valence-electron chi connectivity index (χ2n) is 5.53. The fraction of sp³-hybridized carbons (Fsp3) is 0.438. The molecule has 0 bridgehead atoms. The Morgan fingerprint density at radius 3 is 2.57 bits per heavy atom. The van der Waals surface area contributed by atoms with Crippen LogP contribution < -0.4 is 5.32 Å². The average Bonchev–Trinajstić information content (AvgIpc) is 2.43. The zero-order valence-electron chi connectivity index (χ0n) is 12.7. The molecule has 5 heteroatoms. The molecule has 0 aliphatic carbocycles. The third-order valence-electron chi connectivity index (χ3n) is 3.11. The molecule has 0 radical (unpaired) electrons. The first-order valence-corrected chi connectivity index (χ1v) is 7.12. The van der Waals surface area contributed by atoms with Gasteiger partial charge in [-0.1, -0.05) is 26.0 Å². The molecular weight excluding hydrogens is 268 g/mol. The lowest BCUT2D eigenvalue weighted by Crippen LogP contribution is -2.31.